The minimum Gasteiger partial charge on any atom is -0.465 e. The Morgan fingerprint density at radius 3 is 2.42 bits per heavy atom. The summed E-state index contributed by atoms with van der Waals surface area (Å²) in [5.74, 6) is -0.580. The molecule has 1 aromatic heterocycles. The number of benzene rings is 1. The molecule has 24 heavy (non-hydrogen) atoms. The summed E-state index contributed by atoms with van der Waals surface area (Å²) >= 11 is 0. The molecule has 0 spiro atoms. The predicted molar refractivity (Wildman–Crippen MR) is 89.8 cm³/mol. The number of hydrogen-bond donors (Lipinski definition) is 0. The molecule has 1 heterocycles. The zero-order valence-electron chi connectivity index (χ0n) is 13.6. The molecule has 0 amide bonds. The van der Waals surface area contributed by atoms with E-state index in [9.17, 15) is 13.2 Å². The lowest BCUT2D eigenvalue weighted by Crippen LogP contribution is -2.44. The van der Waals surface area contributed by atoms with E-state index >= 15 is 0 Å². The van der Waals surface area contributed by atoms with Crippen LogP contribution in [-0.2, 0) is 26.0 Å². The molecule has 1 aromatic carbocycles. The van der Waals surface area contributed by atoms with Crippen LogP contribution in [0.25, 0.3) is 0 Å². The van der Waals surface area contributed by atoms with Crippen molar-refractivity contribution in [2.75, 3.05) is 13.7 Å². The quantitative estimate of drug-likeness (QED) is 0.714. The fraction of sp³-hybridized carbons (Fsp3) is 0.294. The maximum Gasteiger partial charge on any atom is 0.324 e. The van der Waals surface area contributed by atoms with Crippen molar-refractivity contribution in [2.45, 2.75) is 24.4 Å². The van der Waals surface area contributed by atoms with Gasteiger partial charge in [0.1, 0.15) is 6.04 Å². The van der Waals surface area contributed by atoms with E-state index in [1.165, 1.54) is 19.3 Å². The topological polar surface area (TPSA) is 76.6 Å². The molecule has 2 rings (SSSR count). The summed E-state index contributed by atoms with van der Waals surface area (Å²) in [6.45, 7) is 1.87. The number of pyridine rings is 1. The van der Waals surface area contributed by atoms with Gasteiger partial charge in [-0.2, -0.15) is 4.31 Å². The SMILES string of the molecule is CCOC(=O)C(Cc1ccccc1)N(C)S(=O)(=O)c1ccccn1. The van der Waals surface area contributed by atoms with Crippen molar-refractivity contribution < 1.29 is 17.9 Å². The van der Waals surface area contributed by atoms with Gasteiger partial charge in [-0.15, -0.1) is 0 Å². The number of likely N-dealkylation sites (N-methyl/N-ethyl adjacent to an activating group) is 1. The lowest BCUT2D eigenvalue weighted by Gasteiger charge is -2.25. The van der Waals surface area contributed by atoms with Gasteiger partial charge >= 0.3 is 5.97 Å². The molecule has 0 aliphatic carbocycles. The van der Waals surface area contributed by atoms with Crippen LogP contribution in [0.5, 0.6) is 0 Å². The van der Waals surface area contributed by atoms with E-state index in [-0.39, 0.29) is 18.1 Å². The number of sulfonamides is 1. The van der Waals surface area contributed by atoms with Crippen molar-refractivity contribution in [1.29, 1.82) is 0 Å². The molecule has 0 saturated carbocycles. The van der Waals surface area contributed by atoms with E-state index in [4.69, 9.17) is 4.74 Å². The Hall–Kier alpha value is -2.25. The number of aromatic nitrogens is 1. The van der Waals surface area contributed by atoms with Crippen molar-refractivity contribution >= 4 is 16.0 Å². The minimum absolute atomic E-state index is 0.102. The maximum atomic E-state index is 12.7. The summed E-state index contributed by atoms with van der Waals surface area (Å²) in [5.41, 5.74) is 0.846. The molecule has 0 fully saturated rings. The van der Waals surface area contributed by atoms with E-state index in [0.29, 0.717) is 0 Å². The van der Waals surface area contributed by atoms with Crippen LogP contribution in [0.3, 0.4) is 0 Å². The maximum absolute atomic E-state index is 12.7. The van der Waals surface area contributed by atoms with E-state index in [1.54, 1.807) is 19.1 Å². The molecule has 6 nitrogen and oxygen atoms in total. The van der Waals surface area contributed by atoms with Gasteiger partial charge in [0.15, 0.2) is 5.03 Å². The van der Waals surface area contributed by atoms with Crippen molar-refractivity contribution in [3.8, 4) is 0 Å². The Kier molecular flexibility index (Phi) is 6.05. The number of carbonyl (C=O) groups excluding carboxylic acids is 1. The molecule has 1 unspecified atom stereocenters. The van der Waals surface area contributed by atoms with Crippen LogP contribution in [-0.4, -0.2) is 43.4 Å². The molecule has 0 saturated heterocycles. The summed E-state index contributed by atoms with van der Waals surface area (Å²) in [6, 6.07) is 12.9. The molecule has 2 aromatic rings. The number of esters is 1. The molecule has 1 atom stereocenters. The first-order valence-electron chi connectivity index (χ1n) is 7.56. The van der Waals surface area contributed by atoms with E-state index < -0.39 is 22.0 Å². The Morgan fingerprint density at radius 1 is 1.17 bits per heavy atom. The number of rotatable bonds is 7. The second-order valence-electron chi connectivity index (χ2n) is 5.15. The minimum atomic E-state index is -3.90. The van der Waals surface area contributed by atoms with Crippen LogP contribution < -0.4 is 0 Å². The first-order valence-corrected chi connectivity index (χ1v) is 9.00. The van der Waals surface area contributed by atoms with Gasteiger partial charge in [0, 0.05) is 13.2 Å². The van der Waals surface area contributed by atoms with E-state index in [0.717, 1.165) is 9.87 Å². The molecule has 0 bridgehead atoms. The normalized spacial score (nSPS) is 12.8. The van der Waals surface area contributed by atoms with Crippen LogP contribution in [0.4, 0.5) is 0 Å². The van der Waals surface area contributed by atoms with Crippen LogP contribution in [0, 0.1) is 0 Å². The van der Waals surface area contributed by atoms with Crippen LogP contribution >= 0.6 is 0 Å². The highest BCUT2D eigenvalue weighted by Gasteiger charge is 2.34. The van der Waals surface area contributed by atoms with Crippen LogP contribution in [0.2, 0.25) is 0 Å². The third kappa shape index (κ3) is 4.18. The van der Waals surface area contributed by atoms with Gasteiger partial charge in [-0.1, -0.05) is 36.4 Å². The van der Waals surface area contributed by atoms with Crippen molar-refractivity contribution in [2.24, 2.45) is 0 Å². The molecule has 0 N–H and O–H groups in total. The molecular formula is C17H20N2O4S. The Balaban J connectivity index is 2.33. The zero-order valence-corrected chi connectivity index (χ0v) is 14.4. The lowest BCUT2D eigenvalue weighted by molar-refractivity contribution is -0.147. The van der Waals surface area contributed by atoms with Crippen LogP contribution in [0.1, 0.15) is 12.5 Å². The van der Waals surface area contributed by atoms with Gasteiger partial charge in [-0.25, -0.2) is 13.4 Å². The molecule has 0 aliphatic heterocycles. The Bertz CT molecular complexity index is 764. The predicted octanol–water partition coefficient (Wildman–Crippen LogP) is 1.88. The molecule has 0 aliphatic rings. The van der Waals surface area contributed by atoms with Crippen molar-refractivity contribution in [1.82, 2.24) is 9.29 Å². The Morgan fingerprint density at radius 2 is 1.83 bits per heavy atom. The highest BCUT2D eigenvalue weighted by atomic mass is 32.2. The average Bonchev–Trinajstić information content (AvgIpc) is 2.61. The van der Waals surface area contributed by atoms with Crippen molar-refractivity contribution in [3.63, 3.8) is 0 Å². The van der Waals surface area contributed by atoms with Gasteiger partial charge < -0.3 is 4.74 Å². The van der Waals surface area contributed by atoms with E-state index in [2.05, 4.69) is 4.98 Å². The van der Waals surface area contributed by atoms with E-state index in [1.807, 2.05) is 30.3 Å². The first kappa shape index (κ1) is 18.1. The summed E-state index contributed by atoms with van der Waals surface area (Å²) in [7, 11) is -2.53. The van der Waals surface area contributed by atoms with Gasteiger partial charge in [-0.05, 0) is 31.0 Å². The number of nitrogens with zero attached hydrogens (tertiary/aromatic N) is 2. The monoisotopic (exact) mass is 348 g/mol. The summed E-state index contributed by atoms with van der Waals surface area (Å²) in [5, 5.41) is -0.102. The van der Waals surface area contributed by atoms with Crippen LogP contribution in [0.15, 0.2) is 59.8 Å². The molecule has 7 heteroatoms. The van der Waals surface area contributed by atoms with Gasteiger partial charge in [0.25, 0.3) is 10.0 Å². The highest BCUT2D eigenvalue weighted by Crippen LogP contribution is 2.18. The largest absolute Gasteiger partial charge is 0.465 e. The third-order valence-corrected chi connectivity index (χ3v) is 5.33. The van der Waals surface area contributed by atoms with Gasteiger partial charge in [0.05, 0.1) is 6.61 Å². The fourth-order valence-electron chi connectivity index (χ4n) is 2.25. The lowest BCUT2D eigenvalue weighted by atomic mass is 10.1. The summed E-state index contributed by atoms with van der Waals surface area (Å²) in [4.78, 5) is 16.2. The second-order valence-corrected chi connectivity index (χ2v) is 7.09. The molecular weight excluding hydrogens is 328 g/mol. The fourth-order valence-corrected chi connectivity index (χ4v) is 3.49. The standard InChI is InChI=1S/C17H20N2O4S/c1-3-23-17(20)15(13-14-9-5-4-6-10-14)19(2)24(21,22)16-11-7-8-12-18-16/h4-12,15H,3,13H2,1-2H3. The zero-order chi connectivity index (χ0) is 17.6. The highest BCUT2D eigenvalue weighted by molar-refractivity contribution is 7.89. The molecule has 0 radical (unpaired) electrons. The number of hydrogen-bond acceptors (Lipinski definition) is 5. The van der Waals surface area contributed by atoms with Gasteiger partial charge in [0.2, 0.25) is 0 Å². The second kappa shape index (κ2) is 8.03. The smallest absolute Gasteiger partial charge is 0.324 e. The molecule has 128 valence electrons. The Labute approximate surface area is 142 Å². The first-order chi connectivity index (χ1) is 11.5. The van der Waals surface area contributed by atoms with Crippen molar-refractivity contribution in [3.05, 3.63) is 60.3 Å². The number of ether oxygens (including phenoxy) is 1. The average molecular weight is 348 g/mol. The summed E-state index contributed by atoms with van der Waals surface area (Å²) in [6.07, 6.45) is 1.62. The van der Waals surface area contributed by atoms with Gasteiger partial charge in [-0.3, -0.25) is 4.79 Å². The third-order valence-electron chi connectivity index (χ3n) is 3.55. The number of carbonyl (C=O) groups is 1. The summed E-state index contributed by atoms with van der Waals surface area (Å²) < 4.78 is 31.5.